The molecule has 4 nitrogen and oxygen atoms in total. The van der Waals surface area contributed by atoms with E-state index in [4.69, 9.17) is 4.74 Å². The molecule has 0 aliphatic rings. The van der Waals surface area contributed by atoms with Gasteiger partial charge in [-0.25, -0.2) is 4.79 Å². The molecule has 0 aliphatic heterocycles. The molecular weight excluding hydrogens is 240 g/mol. The summed E-state index contributed by atoms with van der Waals surface area (Å²) in [6, 6.07) is 19.2. The molecule has 2 rings (SSSR count). The molecule has 0 saturated carbocycles. The Morgan fingerprint density at radius 2 is 1.58 bits per heavy atom. The number of para-hydroxylation sites is 1. The number of nitrogens with one attached hydrogen (secondary N) is 2. The minimum absolute atomic E-state index is 0.276. The fraction of sp³-hybridized carbons (Fsp3) is 0.133. The van der Waals surface area contributed by atoms with Crippen molar-refractivity contribution in [3.63, 3.8) is 0 Å². The average Bonchev–Trinajstić information content (AvgIpc) is 2.47. The summed E-state index contributed by atoms with van der Waals surface area (Å²) >= 11 is 0. The van der Waals surface area contributed by atoms with E-state index in [0.717, 1.165) is 11.3 Å². The van der Waals surface area contributed by atoms with Crippen molar-refractivity contribution < 1.29 is 9.53 Å². The second-order valence-electron chi connectivity index (χ2n) is 3.96. The monoisotopic (exact) mass is 256 g/mol. The molecule has 0 fully saturated rings. The van der Waals surface area contributed by atoms with Crippen LogP contribution in [-0.4, -0.2) is 12.8 Å². The molecule has 98 valence electrons. The summed E-state index contributed by atoms with van der Waals surface area (Å²) in [5, 5.41) is 5.69. The Bertz CT molecular complexity index is 500. The van der Waals surface area contributed by atoms with E-state index in [-0.39, 0.29) is 6.61 Å². The van der Waals surface area contributed by atoms with Gasteiger partial charge in [0.2, 0.25) is 0 Å². The van der Waals surface area contributed by atoms with Gasteiger partial charge in [-0.05, 0) is 17.7 Å². The zero-order chi connectivity index (χ0) is 13.3. The van der Waals surface area contributed by atoms with Gasteiger partial charge in [0.15, 0.2) is 0 Å². The van der Waals surface area contributed by atoms with Gasteiger partial charge in [0.25, 0.3) is 0 Å². The number of hydrogen-bond donors (Lipinski definition) is 2. The first kappa shape index (κ1) is 13.0. The maximum absolute atomic E-state index is 11.4. The van der Waals surface area contributed by atoms with Crippen molar-refractivity contribution in [2.75, 3.05) is 12.0 Å². The van der Waals surface area contributed by atoms with Crippen LogP contribution in [-0.2, 0) is 11.3 Å². The quantitative estimate of drug-likeness (QED) is 0.809. The van der Waals surface area contributed by atoms with Crippen LogP contribution in [0.1, 0.15) is 5.56 Å². The van der Waals surface area contributed by atoms with E-state index in [1.54, 1.807) is 0 Å². The van der Waals surface area contributed by atoms with Gasteiger partial charge in [0.1, 0.15) is 6.61 Å². The van der Waals surface area contributed by atoms with Gasteiger partial charge >= 0.3 is 6.09 Å². The van der Waals surface area contributed by atoms with Gasteiger partial charge in [0, 0.05) is 5.69 Å². The Morgan fingerprint density at radius 3 is 2.26 bits per heavy atom. The molecule has 1 amide bonds. The van der Waals surface area contributed by atoms with E-state index in [9.17, 15) is 4.79 Å². The predicted molar refractivity (Wildman–Crippen MR) is 74.7 cm³/mol. The van der Waals surface area contributed by atoms with Crippen LogP contribution in [0.4, 0.5) is 10.5 Å². The van der Waals surface area contributed by atoms with E-state index in [1.807, 2.05) is 60.7 Å². The molecule has 2 aromatic carbocycles. The summed E-state index contributed by atoms with van der Waals surface area (Å²) in [4.78, 5) is 11.4. The molecule has 0 radical (unpaired) electrons. The summed E-state index contributed by atoms with van der Waals surface area (Å²) in [5.41, 5.74) is 1.92. The molecule has 0 atom stereocenters. The maximum Gasteiger partial charge on any atom is 0.408 e. The number of rotatable bonds is 5. The van der Waals surface area contributed by atoms with Crippen molar-refractivity contribution in [2.45, 2.75) is 6.61 Å². The number of benzene rings is 2. The van der Waals surface area contributed by atoms with Crippen molar-refractivity contribution >= 4 is 11.8 Å². The van der Waals surface area contributed by atoms with Gasteiger partial charge < -0.3 is 15.4 Å². The molecule has 0 spiro atoms. The van der Waals surface area contributed by atoms with Crippen LogP contribution in [0.2, 0.25) is 0 Å². The molecule has 4 heteroatoms. The zero-order valence-electron chi connectivity index (χ0n) is 10.5. The van der Waals surface area contributed by atoms with E-state index in [2.05, 4.69) is 10.6 Å². The second kappa shape index (κ2) is 7.06. The Hall–Kier alpha value is -2.49. The van der Waals surface area contributed by atoms with E-state index < -0.39 is 6.09 Å². The third-order valence-electron chi connectivity index (χ3n) is 2.51. The third-order valence-corrected chi connectivity index (χ3v) is 2.51. The summed E-state index contributed by atoms with van der Waals surface area (Å²) in [5.74, 6) is 0. The molecule has 0 unspecified atom stereocenters. The Morgan fingerprint density at radius 1 is 0.947 bits per heavy atom. The number of hydrogen-bond acceptors (Lipinski definition) is 3. The largest absolute Gasteiger partial charge is 0.445 e. The highest BCUT2D eigenvalue weighted by atomic mass is 16.5. The summed E-state index contributed by atoms with van der Waals surface area (Å²) in [7, 11) is 0. The molecule has 2 aromatic rings. The average molecular weight is 256 g/mol. The van der Waals surface area contributed by atoms with Crippen LogP contribution >= 0.6 is 0 Å². The predicted octanol–water partition coefficient (Wildman–Crippen LogP) is 2.98. The Kier molecular flexibility index (Phi) is 4.81. The fourth-order valence-electron chi connectivity index (χ4n) is 1.55. The van der Waals surface area contributed by atoms with Crippen LogP contribution in [0, 0.1) is 0 Å². The minimum atomic E-state index is -0.438. The normalized spacial score (nSPS) is 9.68. The molecular formula is C15H16N2O2. The molecule has 0 aliphatic carbocycles. The summed E-state index contributed by atoms with van der Waals surface area (Å²) in [6.45, 7) is 0.607. The van der Waals surface area contributed by atoms with Crippen LogP contribution in [0.25, 0.3) is 0 Å². The zero-order valence-corrected chi connectivity index (χ0v) is 10.5. The lowest BCUT2D eigenvalue weighted by Gasteiger charge is -2.09. The number of carbonyl (C=O) groups is 1. The van der Waals surface area contributed by atoms with Crippen LogP contribution < -0.4 is 10.6 Å². The van der Waals surface area contributed by atoms with Gasteiger partial charge in [-0.1, -0.05) is 48.5 Å². The lowest BCUT2D eigenvalue weighted by molar-refractivity contribution is 0.140. The lowest BCUT2D eigenvalue weighted by atomic mass is 10.2. The molecule has 0 heterocycles. The van der Waals surface area contributed by atoms with E-state index in [1.165, 1.54) is 0 Å². The highest BCUT2D eigenvalue weighted by Crippen LogP contribution is 2.03. The molecule has 2 N–H and O–H groups in total. The molecule has 0 aromatic heterocycles. The number of alkyl carbamates (subject to hydrolysis) is 1. The smallest absolute Gasteiger partial charge is 0.408 e. The number of carbonyl (C=O) groups excluding carboxylic acids is 1. The Balaban J connectivity index is 1.65. The second-order valence-corrected chi connectivity index (χ2v) is 3.96. The summed E-state index contributed by atoms with van der Waals surface area (Å²) in [6.07, 6.45) is -0.438. The topological polar surface area (TPSA) is 50.4 Å². The molecule has 19 heavy (non-hydrogen) atoms. The third kappa shape index (κ3) is 4.71. The first-order chi connectivity index (χ1) is 9.34. The standard InChI is InChI=1S/C15H16N2O2/c18-15(19-11-13-7-3-1-4-8-13)17-12-16-14-9-5-2-6-10-14/h1-10,16H,11-12H2,(H,17,18). The van der Waals surface area contributed by atoms with Gasteiger partial charge in [0.05, 0.1) is 6.67 Å². The van der Waals surface area contributed by atoms with E-state index >= 15 is 0 Å². The minimum Gasteiger partial charge on any atom is -0.445 e. The van der Waals surface area contributed by atoms with Crippen molar-refractivity contribution in [1.82, 2.24) is 5.32 Å². The number of amides is 1. The highest BCUT2D eigenvalue weighted by molar-refractivity contribution is 5.67. The van der Waals surface area contributed by atoms with Crippen LogP contribution in [0.15, 0.2) is 60.7 Å². The van der Waals surface area contributed by atoms with Crippen LogP contribution in [0.5, 0.6) is 0 Å². The number of anilines is 1. The highest BCUT2D eigenvalue weighted by Gasteiger charge is 2.01. The lowest BCUT2D eigenvalue weighted by Crippen LogP contribution is -2.29. The fourth-order valence-corrected chi connectivity index (χ4v) is 1.55. The van der Waals surface area contributed by atoms with Gasteiger partial charge in [-0.15, -0.1) is 0 Å². The Labute approximate surface area is 112 Å². The van der Waals surface area contributed by atoms with Crippen molar-refractivity contribution in [1.29, 1.82) is 0 Å². The van der Waals surface area contributed by atoms with Crippen LogP contribution in [0.3, 0.4) is 0 Å². The van der Waals surface area contributed by atoms with Crippen molar-refractivity contribution in [3.8, 4) is 0 Å². The SMILES string of the molecule is O=C(NCNc1ccccc1)OCc1ccccc1. The van der Waals surface area contributed by atoms with Gasteiger partial charge in [-0.3, -0.25) is 0 Å². The molecule has 0 bridgehead atoms. The van der Waals surface area contributed by atoms with Crippen molar-refractivity contribution in [2.24, 2.45) is 0 Å². The van der Waals surface area contributed by atoms with E-state index in [0.29, 0.717) is 6.67 Å². The summed E-state index contributed by atoms with van der Waals surface area (Å²) < 4.78 is 5.08. The first-order valence-corrected chi connectivity index (χ1v) is 6.08. The van der Waals surface area contributed by atoms with Gasteiger partial charge in [-0.2, -0.15) is 0 Å². The number of ether oxygens (including phenoxy) is 1. The van der Waals surface area contributed by atoms with Crippen molar-refractivity contribution in [3.05, 3.63) is 66.2 Å². The first-order valence-electron chi connectivity index (χ1n) is 6.08. The maximum atomic E-state index is 11.4. The molecule has 0 saturated heterocycles.